The lowest BCUT2D eigenvalue weighted by atomic mass is 10.2. The van der Waals surface area contributed by atoms with Crippen LogP contribution >= 0.6 is 0 Å². The molecule has 0 heterocycles. The summed E-state index contributed by atoms with van der Waals surface area (Å²) < 4.78 is 0. The number of hydrogen-bond acceptors (Lipinski definition) is 2. The second-order valence-corrected chi connectivity index (χ2v) is 6.32. The van der Waals surface area contributed by atoms with E-state index in [-0.39, 0.29) is 0 Å². The van der Waals surface area contributed by atoms with E-state index in [0.29, 0.717) is 6.04 Å². The van der Waals surface area contributed by atoms with E-state index < -0.39 is 0 Å². The van der Waals surface area contributed by atoms with Crippen LogP contribution in [0, 0.1) is 0 Å². The molecule has 0 rings (SSSR count). The van der Waals surface area contributed by atoms with Crippen molar-refractivity contribution in [2.24, 2.45) is 4.99 Å². The molecule has 0 radical (unpaired) electrons. The van der Waals surface area contributed by atoms with Crippen molar-refractivity contribution in [1.82, 2.24) is 15.1 Å². The van der Waals surface area contributed by atoms with Gasteiger partial charge in [0.2, 0.25) is 0 Å². The molecule has 0 unspecified atom stereocenters. The maximum atomic E-state index is 4.37. The smallest absolute Gasteiger partial charge is 0.193 e. The third kappa shape index (κ3) is 10.7. The molecule has 1 N–H and O–H groups in total. The summed E-state index contributed by atoms with van der Waals surface area (Å²) in [7, 11) is 6.18. The maximum Gasteiger partial charge on any atom is 0.193 e. The van der Waals surface area contributed by atoms with Gasteiger partial charge >= 0.3 is 0 Å². The Bertz CT molecular complexity index is 299. The van der Waals surface area contributed by atoms with Crippen molar-refractivity contribution >= 4 is 5.96 Å². The predicted molar refractivity (Wildman–Crippen MR) is 99.7 cm³/mol. The first kappa shape index (κ1) is 21.0. The van der Waals surface area contributed by atoms with E-state index in [1.807, 2.05) is 13.1 Å². The van der Waals surface area contributed by atoms with Crippen LogP contribution in [0.3, 0.4) is 0 Å². The van der Waals surface area contributed by atoms with Gasteiger partial charge in [0.15, 0.2) is 5.96 Å². The van der Waals surface area contributed by atoms with E-state index in [1.54, 1.807) is 0 Å². The number of hydrogen-bond donors (Lipinski definition) is 1. The van der Waals surface area contributed by atoms with Crippen molar-refractivity contribution in [3.05, 3.63) is 12.7 Å². The fourth-order valence-corrected chi connectivity index (χ4v) is 2.25. The van der Waals surface area contributed by atoms with Crippen molar-refractivity contribution in [3.8, 4) is 0 Å². The Balaban J connectivity index is 3.75. The SMILES string of the molecule is C=CCCCCCN(C)C(=NC)NCCCCN(C)C(C)C. The van der Waals surface area contributed by atoms with Gasteiger partial charge in [0.1, 0.15) is 0 Å². The highest BCUT2D eigenvalue weighted by Crippen LogP contribution is 2.02. The minimum atomic E-state index is 0.632. The average Bonchev–Trinajstić information content (AvgIpc) is 2.50. The Morgan fingerprint density at radius 2 is 1.77 bits per heavy atom. The van der Waals surface area contributed by atoms with E-state index in [9.17, 15) is 0 Å². The van der Waals surface area contributed by atoms with Crippen molar-refractivity contribution < 1.29 is 0 Å². The molecule has 0 saturated heterocycles. The summed E-state index contributed by atoms with van der Waals surface area (Å²) in [6.07, 6.45) is 9.25. The highest BCUT2D eigenvalue weighted by atomic mass is 15.3. The van der Waals surface area contributed by atoms with Crippen LogP contribution in [0.25, 0.3) is 0 Å². The van der Waals surface area contributed by atoms with Gasteiger partial charge in [-0.2, -0.15) is 0 Å². The zero-order valence-electron chi connectivity index (χ0n) is 15.6. The Kier molecular flexibility index (Phi) is 13.0. The maximum absolute atomic E-state index is 4.37. The summed E-state index contributed by atoms with van der Waals surface area (Å²) in [4.78, 5) is 8.99. The van der Waals surface area contributed by atoms with Gasteiger partial charge in [-0.1, -0.05) is 12.5 Å². The van der Waals surface area contributed by atoms with E-state index in [4.69, 9.17) is 0 Å². The zero-order valence-corrected chi connectivity index (χ0v) is 15.6. The van der Waals surface area contributed by atoms with Gasteiger partial charge < -0.3 is 15.1 Å². The van der Waals surface area contributed by atoms with Gasteiger partial charge in [0.05, 0.1) is 0 Å². The second kappa shape index (κ2) is 13.6. The van der Waals surface area contributed by atoms with Crippen molar-refractivity contribution in [2.75, 3.05) is 40.8 Å². The summed E-state index contributed by atoms with van der Waals surface area (Å²) in [5, 5.41) is 3.47. The quantitative estimate of drug-likeness (QED) is 0.259. The van der Waals surface area contributed by atoms with Crippen LogP contribution in [0.4, 0.5) is 0 Å². The molecule has 0 aliphatic rings. The first-order chi connectivity index (χ1) is 10.5. The molecule has 0 aromatic rings. The number of rotatable bonds is 12. The van der Waals surface area contributed by atoms with Crippen LogP contribution in [0.2, 0.25) is 0 Å². The highest BCUT2D eigenvalue weighted by molar-refractivity contribution is 5.79. The normalized spacial score (nSPS) is 12.0. The largest absolute Gasteiger partial charge is 0.356 e. The minimum Gasteiger partial charge on any atom is -0.356 e. The molecule has 0 aromatic carbocycles. The zero-order chi connectivity index (χ0) is 16.8. The number of unbranched alkanes of at least 4 members (excludes halogenated alkanes) is 4. The molecule has 4 nitrogen and oxygen atoms in total. The Labute approximate surface area is 138 Å². The summed E-state index contributed by atoms with van der Waals surface area (Å²) >= 11 is 0. The van der Waals surface area contributed by atoms with Gasteiger partial charge in [-0.05, 0) is 59.5 Å². The fourth-order valence-electron chi connectivity index (χ4n) is 2.25. The van der Waals surface area contributed by atoms with Crippen LogP contribution in [-0.2, 0) is 0 Å². The first-order valence-corrected chi connectivity index (χ1v) is 8.75. The molecule has 0 bridgehead atoms. The van der Waals surface area contributed by atoms with Crippen LogP contribution in [0.5, 0.6) is 0 Å². The lowest BCUT2D eigenvalue weighted by Gasteiger charge is -2.23. The Morgan fingerprint density at radius 3 is 2.36 bits per heavy atom. The van der Waals surface area contributed by atoms with Crippen molar-refractivity contribution in [2.45, 2.75) is 58.4 Å². The molecular weight excluding hydrogens is 272 g/mol. The Morgan fingerprint density at radius 1 is 1.09 bits per heavy atom. The second-order valence-electron chi connectivity index (χ2n) is 6.32. The number of allylic oxidation sites excluding steroid dienone is 1. The molecule has 0 atom stereocenters. The summed E-state index contributed by atoms with van der Waals surface area (Å²) in [5.74, 6) is 1.01. The predicted octanol–water partition coefficient (Wildman–Crippen LogP) is 3.36. The molecule has 0 saturated carbocycles. The average molecular weight is 311 g/mol. The lowest BCUT2D eigenvalue weighted by molar-refractivity contribution is 0.268. The molecule has 0 aromatic heterocycles. The molecule has 0 amide bonds. The summed E-state index contributed by atoms with van der Waals surface area (Å²) in [6, 6.07) is 0.632. The van der Waals surface area contributed by atoms with Crippen molar-refractivity contribution in [1.29, 1.82) is 0 Å². The topological polar surface area (TPSA) is 30.9 Å². The first-order valence-electron chi connectivity index (χ1n) is 8.75. The fraction of sp³-hybridized carbons (Fsp3) is 0.833. The molecule has 130 valence electrons. The third-order valence-corrected chi connectivity index (χ3v) is 4.08. The summed E-state index contributed by atoms with van der Waals surface area (Å²) in [6.45, 7) is 11.5. The molecule has 0 aliphatic heterocycles. The van der Waals surface area contributed by atoms with Crippen LogP contribution in [-0.4, -0.2) is 62.6 Å². The molecule has 0 aliphatic carbocycles. The number of aliphatic imine (C=N–C) groups is 1. The highest BCUT2D eigenvalue weighted by Gasteiger charge is 2.05. The van der Waals surface area contributed by atoms with Gasteiger partial charge in [-0.25, -0.2) is 0 Å². The molecule has 4 heteroatoms. The van der Waals surface area contributed by atoms with Gasteiger partial charge in [0, 0.05) is 33.2 Å². The molecule has 0 spiro atoms. The molecule has 22 heavy (non-hydrogen) atoms. The lowest BCUT2D eigenvalue weighted by Crippen LogP contribution is -2.40. The Hall–Kier alpha value is -1.03. The van der Waals surface area contributed by atoms with Crippen molar-refractivity contribution in [3.63, 3.8) is 0 Å². The van der Waals surface area contributed by atoms with Crippen LogP contribution in [0.15, 0.2) is 17.6 Å². The molecule has 0 fully saturated rings. The van der Waals surface area contributed by atoms with E-state index in [0.717, 1.165) is 32.0 Å². The minimum absolute atomic E-state index is 0.632. The van der Waals surface area contributed by atoms with Gasteiger partial charge in [-0.3, -0.25) is 4.99 Å². The molecular formula is C18H38N4. The number of nitrogens with one attached hydrogen (secondary N) is 1. The number of guanidine groups is 1. The van der Waals surface area contributed by atoms with E-state index in [1.165, 1.54) is 32.1 Å². The monoisotopic (exact) mass is 310 g/mol. The standard InChI is InChI=1S/C18H38N4/c1-7-8-9-10-12-16-22(6)18(19-4)20-14-11-13-15-21(5)17(2)3/h7,17H,1,8-16H2,2-6H3,(H,19,20). The van der Waals surface area contributed by atoms with Crippen LogP contribution in [0.1, 0.15) is 52.4 Å². The van der Waals surface area contributed by atoms with E-state index in [2.05, 4.69) is 54.6 Å². The van der Waals surface area contributed by atoms with Crippen LogP contribution < -0.4 is 5.32 Å². The number of nitrogens with zero attached hydrogens (tertiary/aromatic N) is 3. The third-order valence-electron chi connectivity index (χ3n) is 4.08. The van der Waals surface area contributed by atoms with Gasteiger partial charge in [0.25, 0.3) is 0 Å². The van der Waals surface area contributed by atoms with E-state index >= 15 is 0 Å². The summed E-state index contributed by atoms with van der Waals surface area (Å²) in [5.41, 5.74) is 0. The van der Waals surface area contributed by atoms with Gasteiger partial charge in [-0.15, -0.1) is 6.58 Å².